The number of nitro benzene ring substituents is 1. The van der Waals surface area contributed by atoms with Gasteiger partial charge in [0.2, 0.25) is 11.7 Å². The van der Waals surface area contributed by atoms with Crippen molar-refractivity contribution < 1.29 is 14.2 Å². The summed E-state index contributed by atoms with van der Waals surface area (Å²) in [5.41, 5.74) is 0.882. The van der Waals surface area contributed by atoms with Crippen LogP contribution >= 0.6 is 11.6 Å². The number of nitrogens with zero attached hydrogens (tertiary/aromatic N) is 4. The minimum atomic E-state index is -0.548. The minimum absolute atomic E-state index is 0.0454. The number of aromatic nitrogens is 2. The molecule has 0 spiro atoms. The summed E-state index contributed by atoms with van der Waals surface area (Å²) in [6.45, 7) is 0.514. The van der Waals surface area contributed by atoms with E-state index in [0.29, 0.717) is 24.7 Å². The Morgan fingerprint density at radius 3 is 2.72 bits per heavy atom. The molecule has 0 radical (unpaired) electrons. The summed E-state index contributed by atoms with van der Waals surface area (Å²) < 4.78 is 5.48. The Balaban J connectivity index is 1.62. The summed E-state index contributed by atoms with van der Waals surface area (Å²) in [4.78, 5) is 29.7. The van der Waals surface area contributed by atoms with Crippen molar-refractivity contribution >= 4 is 23.2 Å². The molecule has 148 valence electrons. The van der Waals surface area contributed by atoms with Crippen LogP contribution in [0.4, 0.5) is 5.69 Å². The molecule has 3 aromatic rings. The number of carbonyl (C=O) groups is 1. The lowest BCUT2D eigenvalue weighted by Crippen LogP contribution is -2.38. The van der Waals surface area contributed by atoms with Gasteiger partial charge >= 0.3 is 0 Å². The van der Waals surface area contributed by atoms with Gasteiger partial charge in [0, 0.05) is 24.2 Å². The molecule has 1 fully saturated rings. The van der Waals surface area contributed by atoms with Gasteiger partial charge in [-0.3, -0.25) is 14.9 Å². The molecule has 8 nitrogen and oxygen atoms in total. The third-order valence-electron chi connectivity index (χ3n) is 4.92. The largest absolute Gasteiger partial charge is 0.337 e. The van der Waals surface area contributed by atoms with Crippen LogP contribution in [0.1, 0.15) is 41.6 Å². The number of carbonyl (C=O) groups excluding carboxylic acids is 1. The zero-order valence-electron chi connectivity index (χ0n) is 15.3. The van der Waals surface area contributed by atoms with E-state index in [2.05, 4.69) is 10.1 Å². The fourth-order valence-corrected chi connectivity index (χ4v) is 3.71. The van der Waals surface area contributed by atoms with E-state index < -0.39 is 4.92 Å². The van der Waals surface area contributed by atoms with Crippen molar-refractivity contribution in [3.63, 3.8) is 0 Å². The second-order valence-corrected chi connectivity index (χ2v) is 7.16. The molecule has 1 unspecified atom stereocenters. The number of benzene rings is 2. The van der Waals surface area contributed by atoms with Gasteiger partial charge in [-0.25, -0.2) is 0 Å². The van der Waals surface area contributed by atoms with Crippen LogP contribution in [0, 0.1) is 10.1 Å². The Morgan fingerprint density at radius 2 is 2.00 bits per heavy atom. The van der Waals surface area contributed by atoms with Gasteiger partial charge in [-0.05, 0) is 25.3 Å². The van der Waals surface area contributed by atoms with Crippen molar-refractivity contribution in [2.45, 2.75) is 25.3 Å². The van der Waals surface area contributed by atoms with E-state index in [0.717, 1.165) is 18.4 Å². The Morgan fingerprint density at radius 1 is 1.21 bits per heavy atom. The molecule has 0 bridgehead atoms. The summed E-state index contributed by atoms with van der Waals surface area (Å²) in [6, 6.07) is 12.9. The highest BCUT2D eigenvalue weighted by atomic mass is 35.5. The van der Waals surface area contributed by atoms with E-state index in [9.17, 15) is 14.9 Å². The van der Waals surface area contributed by atoms with Gasteiger partial charge < -0.3 is 9.42 Å². The van der Waals surface area contributed by atoms with Gasteiger partial charge in [0.15, 0.2) is 0 Å². The maximum absolute atomic E-state index is 13.1. The topological polar surface area (TPSA) is 102 Å². The second-order valence-electron chi connectivity index (χ2n) is 6.75. The van der Waals surface area contributed by atoms with Crippen LogP contribution in [0.25, 0.3) is 11.4 Å². The standard InChI is InChI=1S/C20H17ClN4O4/c21-16-12-14(25(27)28)9-10-15(16)20(26)24-11-5-4-8-17(24)19-22-18(23-29-19)13-6-2-1-3-7-13/h1-3,6-7,9-10,12,17H,4-5,8,11H2. The summed E-state index contributed by atoms with van der Waals surface area (Å²) in [6.07, 6.45) is 2.45. The van der Waals surface area contributed by atoms with E-state index in [1.807, 2.05) is 30.3 Å². The lowest BCUT2D eigenvalue weighted by atomic mass is 10.0. The molecule has 1 saturated heterocycles. The van der Waals surface area contributed by atoms with Gasteiger partial charge in [0.1, 0.15) is 6.04 Å². The number of nitro groups is 1. The van der Waals surface area contributed by atoms with Gasteiger partial charge in [-0.15, -0.1) is 0 Å². The molecule has 1 atom stereocenters. The smallest absolute Gasteiger partial charge is 0.270 e. The van der Waals surface area contributed by atoms with Crippen molar-refractivity contribution in [1.82, 2.24) is 15.0 Å². The molecule has 29 heavy (non-hydrogen) atoms. The first-order valence-corrected chi connectivity index (χ1v) is 9.56. The van der Waals surface area contributed by atoms with Crippen LogP contribution in [0.3, 0.4) is 0 Å². The molecule has 1 aliphatic rings. The normalized spacial score (nSPS) is 16.6. The van der Waals surface area contributed by atoms with E-state index in [-0.39, 0.29) is 28.2 Å². The maximum Gasteiger partial charge on any atom is 0.270 e. The third kappa shape index (κ3) is 3.84. The SMILES string of the molecule is O=C(c1ccc([N+](=O)[O-])cc1Cl)N1CCCCC1c1nc(-c2ccccc2)no1. The number of halogens is 1. The number of rotatable bonds is 4. The maximum atomic E-state index is 13.1. The molecule has 2 aromatic carbocycles. The van der Waals surface area contributed by atoms with Crippen LogP contribution in [-0.4, -0.2) is 32.4 Å². The zero-order chi connectivity index (χ0) is 20.4. The number of likely N-dealkylation sites (tertiary alicyclic amines) is 1. The van der Waals surface area contributed by atoms with E-state index in [1.54, 1.807) is 4.90 Å². The number of amides is 1. The minimum Gasteiger partial charge on any atom is -0.337 e. The monoisotopic (exact) mass is 412 g/mol. The molecule has 0 saturated carbocycles. The van der Waals surface area contributed by atoms with Crippen molar-refractivity contribution in [2.24, 2.45) is 0 Å². The molecule has 0 N–H and O–H groups in total. The summed E-state index contributed by atoms with van der Waals surface area (Å²) in [7, 11) is 0. The number of non-ortho nitro benzene ring substituents is 1. The van der Waals surface area contributed by atoms with Gasteiger partial charge in [-0.1, -0.05) is 47.1 Å². The van der Waals surface area contributed by atoms with E-state index in [4.69, 9.17) is 16.1 Å². The Kier molecular flexibility index (Phi) is 5.26. The van der Waals surface area contributed by atoms with Gasteiger partial charge in [0.25, 0.3) is 11.6 Å². The van der Waals surface area contributed by atoms with Crippen LogP contribution in [0.5, 0.6) is 0 Å². The number of hydrogen-bond acceptors (Lipinski definition) is 6. The summed E-state index contributed by atoms with van der Waals surface area (Å²) in [5.74, 6) is 0.524. The van der Waals surface area contributed by atoms with Crippen LogP contribution in [-0.2, 0) is 0 Å². The molecular formula is C20H17ClN4O4. The zero-order valence-corrected chi connectivity index (χ0v) is 16.1. The second kappa shape index (κ2) is 8.00. The Hall–Kier alpha value is -3.26. The molecule has 4 rings (SSSR count). The highest BCUT2D eigenvalue weighted by molar-refractivity contribution is 6.34. The fraction of sp³-hybridized carbons (Fsp3) is 0.250. The molecule has 1 aromatic heterocycles. The highest BCUT2D eigenvalue weighted by Crippen LogP contribution is 2.34. The van der Waals surface area contributed by atoms with E-state index in [1.165, 1.54) is 18.2 Å². The average molecular weight is 413 g/mol. The Bertz CT molecular complexity index is 1050. The van der Waals surface area contributed by atoms with Crippen LogP contribution in [0.15, 0.2) is 53.1 Å². The van der Waals surface area contributed by atoms with E-state index >= 15 is 0 Å². The van der Waals surface area contributed by atoms with Gasteiger partial charge in [0.05, 0.1) is 15.5 Å². The fourth-order valence-electron chi connectivity index (χ4n) is 3.45. The van der Waals surface area contributed by atoms with Crippen LogP contribution in [0.2, 0.25) is 5.02 Å². The van der Waals surface area contributed by atoms with Crippen molar-refractivity contribution in [1.29, 1.82) is 0 Å². The summed E-state index contributed by atoms with van der Waals surface area (Å²) in [5, 5.41) is 15.0. The van der Waals surface area contributed by atoms with Crippen molar-refractivity contribution in [3.05, 3.63) is 75.1 Å². The predicted molar refractivity (Wildman–Crippen MR) is 105 cm³/mol. The molecular weight excluding hydrogens is 396 g/mol. The highest BCUT2D eigenvalue weighted by Gasteiger charge is 2.33. The molecule has 1 aliphatic heterocycles. The Labute approximate surface area is 171 Å². The molecule has 2 heterocycles. The molecule has 0 aliphatic carbocycles. The third-order valence-corrected chi connectivity index (χ3v) is 5.23. The van der Waals surface area contributed by atoms with Gasteiger partial charge in [-0.2, -0.15) is 4.98 Å². The lowest BCUT2D eigenvalue weighted by molar-refractivity contribution is -0.384. The average Bonchev–Trinajstić information content (AvgIpc) is 3.24. The van der Waals surface area contributed by atoms with Crippen molar-refractivity contribution in [2.75, 3.05) is 6.54 Å². The quantitative estimate of drug-likeness (QED) is 0.456. The number of piperidine rings is 1. The predicted octanol–water partition coefficient (Wildman–Crippen LogP) is 4.67. The van der Waals surface area contributed by atoms with Crippen LogP contribution < -0.4 is 0 Å². The number of hydrogen-bond donors (Lipinski definition) is 0. The first-order valence-electron chi connectivity index (χ1n) is 9.18. The molecule has 9 heteroatoms. The lowest BCUT2D eigenvalue weighted by Gasteiger charge is -2.33. The first-order chi connectivity index (χ1) is 14.0. The first kappa shape index (κ1) is 19.1. The summed E-state index contributed by atoms with van der Waals surface area (Å²) >= 11 is 6.16. The molecule has 1 amide bonds. The van der Waals surface area contributed by atoms with Crippen molar-refractivity contribution in [3.8, 4) is 11.4 Å².